The normalized spacial score (nSPS) is 10.8. The zero-order valence-electron chi connectivity index (χ0n) is 6.71. The van der Waals surface area contributed by atoms with Crippen LogP contribution in [0.4, 0.5) is 14.5 Å². The van der Waals surface area contributed by atoms with E-state index in [-0.39, 0.29) is 11.8 Å². The summed E-state index contributed by atoms with van der Waals surface area (Å²) in [5.74, 6) is 0. The molecule has 0 aromatic heterocycles. The van der Waals surface area contributed by atoms with Gasteiger partial charge in [0.25, 0.3) is 0 Å². The van der Waals surface area contributed by atoms with Crippen LogP contribution in [0.15, 0.2) is 34.2 Å². The molecule has 0 fully saturated rings. The first-order valence-corrected chi connectivity index (χ1v) is 4.64. The second-order valence-corrected chi connectivity index (χ2v) is 4.13. The van der Waals surface area contributed by atoms with Crippen LogP contribution in [-0.4, -0.2) is 10.8 Å². The van der Waals surface area contributed by atoms with E-state index in [0.717, 1.165) is 0 Å². The molecule has 1 rings (SSSR count). The minimum atomic E-state index is -3.32. The molecule has 0 aliphatic rings. The zero-order chi connectivity index (χ0) is 10.6. The van der Waals surface area contributed by atoms with E-state index in [1.807, 2.05) is 0 Å². The van der Waals surface area contributed by atoms with E-state index in [4.69, 9.17) is 11.6 Å². The van der Waals surface area contributed by atoms with Crippen molar-refractivity contribution in [1.29, 1.82) is 0 Å². The van der Waals surface area contributed by atoms with Gasteiger partial charge in [-0.15, -0.1) is 0 Å². The van der Waals surface area contributed by atoms with Gasteiger partial charge in [-0.1, -0.05) is 0 Å². The fourth-order valence-corrected chi connectivity index (χ4v) is 1.58. The fourth-order valence-electron chi connectivity index (χ4n) is 0.775. The average molecular weight is 236 g/mol. The van der Waals surface area contributed by atoms with Crippen LogP contribution in [0.1, 0.15) is 0 Å². The number of aliphatic imine (C=N–C) groups is 1. The fraction of sp³-hybridized carbons (Fsp3) is 0.125. The molecule has 6 heteroatoms. The number of isocyanates is 1. The van der Waals surface area contributed by atoms with Crippen LogP contribution in [0.25, 0.3) is 0 Å². The van der Waals surface area contributed by atoms with Gasteiger partial charge in [-0.05, 0) is 47.6 Å². The van der Waals surface area contributed by atoms with E-state index >= 15 is 0 Å². The molecule has 14 heavy (non-hydrogen) atoms. The first-order chi connectivity index (χ1) is 6.51. The predicted octanol–water partition coefficient (Wildman–Crippen LogP) is 3.54. The van der Waals surface area contributed by atoms with Gasteiger partial charge in [0, 0.05) is 4.90 Å². The molecule has 0 heterocycles. The van der Waals surface area contributed by atoms with Crippen molar-refractivity contribution < 1.29 is 13.6 Å². The number of nitrogens with zero attached hydrogens (tertiary/aromatic N) is 1. The Hall–Kier alpha value is -0.900. The van der Waals surface area contributed by atoms with Crippen LogP contribution in [0, 0.1) is 0 Å². The standard InChI is InChI=1S/C8H4ClF2NOS/c9-8(10,11)14-7-3-1-6(2-4-7)12-5-13/h1-4H. The van der Waals surface area contributed by atoms with Gasteiger partial charge in [0.2, 0.25) is 6.08 Å². The van der Waals surface area contributed by atoms with E-state index in [9.17, 15) is 13.6 Å². The Morgan fingerprint density at radius 3 is 2.36 bits per heavy atom. The summed E-state index contributed by atoms with van der Waals surface area (Å²) >= 11 is 4.93. The lowest BCUT2D eigenvalue weighted by Gasteiger charge is -2.06. The molecular formula is C8H4ClF2NOS. The van der Waals surface area contributed by atoms with Gasteiger partial charge in [-0.25, -0.2) is 4.79 Å². The molecule has 0 unspecified atom stereocenters. The van der Waals surface area contributed by atoms with Crippen LogP contribution < -0.4 is 0 Å². The number of alkyl halides is 3. The Morgan fingerprint density at radius 2 is 1.93 bits per heavy atom. The maximum atomic E-state index is 12.3. The van der Waals surface area contributed by atoms with E-state index < -0.39 is 4.71 Å². The van der Waals surface area contributed by atoms with Gasteiger partial charge in [-0.3, -0.25) is 0 Å². The van der Waals surface area contributed by atoms with Gasteiger partial charge < -0.3 is 0 Å². The number of benzene rings is 1. The maximum absolute atomic E-state index is 12.3. The highest BCUT2D eigenvalue weighted by Crippen LogP contribution is 2.39. The first-order valence-electron chi connectivity index (χ1n) is 3.45. The summed E-state index contributed by atoms with van der Waals surface area (Å²) in [6.07, 6.45) is 1.35. The number of thioether (sulfide) groups is 1. The molecule has 2 nitrogen and oxygen atoms in total. The number of hydrogen-bond donors (Lipinski definition) is 0. The third-order valence-electron chi connectivity index (χ3n) is 1.25. The Kier molecular flexibility index (Phi) is 3.63. The highest BCUT2D eigenvalue weighted by molar-refractivity contribution is 8.01. The largest absolute Gasteiger partial charge is 0.375 e. The Bertz CT molecular complexity index is 357. The Balaban J connectivity index is 2.78. The smallest absolute Gasteiger partial charge is 0.211 e. The minimum Gasteiger partial charge on any atom is -0.211 e. The summed E-state index contributed by atoms with van der Waals surface area (Å²) in [6.45, 7) is 0. The molecule has 0 aliphatic heterocycles. The van der Waals surface area contributed by atoms with Crippen molar-refractivity contribution in [1.82, 2.24) is 0 Å². The monoisotopic (exact) mass is 235 g/mol. The molecule has 1 aromatic rings. The number of rotatable bonds is 3. The molecule has 0 aliphatic carbocycles. The second-order valence-electron chi connectivity index (χ2n) is 2.24. The van der Waals surface area contributed by atoms with Crippen molar-refractivity contribution in [3.8, 4) is 0 Å². The molecule has 0 saturated heterocycles. The van der Waals surface area contributed by atoms with Crippen molar-refractivity contribution in [3.05, 3.63) is 24.3 Å². The maximum Gasteiger partial charge on any atom is 0.375 e. The Labute approximate surface area is 88.0 Å². The SMILES string of the molecule is O=C=Nc1ccc(SC(F)(F)Cl)cc1. The van der Waals surface area contributed by atoms with Crippen molar-refractivity contribution in [3.63, 3.8) is 0 Å². The van der Waals surface area contributed by atoms with Crippen molar-refractivity contribution in [2.24, 2.45) is 4.99 Å². The van der Waals surface area contributed by atoms with Crippen LogP contribution in [0.2, 0.25) is 0 Å². The van der Waals surface area contributed by atoms with Gasteiger partial charge >= 0.3 is 4.71 Å². The summed E-state index contributed by atoms with van der Waals surface area (Å²) in [7, 11) is 0. The van der Waals surface area contributed by atoms with Gasteiger partial charge in [-0.2, -0.15) is 13.8 Å². The van der Waals surface area contributed by atoms with Gasteiger partial charge in [0.05, 0.1) is 5.69 Å². The minimum absolute atomic E-state index is 0.219. The highest BCUT2D eigenvalue weighted by Gasteiger charge is 2.26. The second kappa shape index (κ2) is 4.55. The van der Waals surface area contributed by atoms with Crippen LogP contribution >= 0.6 is 23.4 Å². The molecule has 0 saturated carbocycles. The summed E-state index contributed by atoms with van der Waals surface area (Å²) in [4.78, 5) is 13.5. The summed E-state index contributed by atoms with van der Waals surface area (Å²) in [5, 5.41) is 0. The molecule has 0 amide bonds. The lowest BCUT2D eigenvalue weighted by Crippen LogP contribution is -1.96. The third-order valence-corrected chi connectivity index (χ3v) is 2.22. The number of hydrogen-bond acceptors (Lipinski definition) is 3. The molecule has 1 aromatic carbocycles. The summed E-state index contributed by atoms with van der Waals surface area (Å²) in [5.41, 5.74) is 0.363. The average Bonchev–Trinajstić information content (AvgIpc) is 2.06. The van der Waals surface area contributed by atoms with Crippen LogP contribution in [-0.2, 0) is 4.79 Å². The van der Waals surface area contributed by atoms with Crippen LogP contribution in [0.3, 0.4) is 0 Å². The lowest BCUT2D eigenvalue weighted by atomic mass is 10.3. The van der Waals surface area contributed by atoms with E-state index in [1.165, 1.54) is 30.3 Å². The zero-order valence-corrected chi connectivity index (χ0v) is 8.28. The number of halogens is 3. The van der Waals surface area contributed by atoms with Gasteiger partial charge in [0.1, 0.15) is 0 Å². The summed E-state index contributed by atoms with van der Waals surface area (Å²) < 4.78 is 21.3. The topological polar surface area (TPSA) is 29.4 Å². The van der Waals surface area contributed by atoms with E-state index in [0.29, 0.717) is 10.6 Å². The van der Waals surface area contributed by atoms with Crippen molar-refractivity contribution in [2.45, 2.75) is 9.61 Å². The highest BCUT2D eigenvalue weighted by atomic mass is 35.5. The van der Waals surface area contributed by atoms with Crippen molar-refractivity contribution >= 4 is 35.1 Å². The number of carbonyl (C=O) groups excluding carboxylic acids is 1. The third kappa shape index (κ3) is 3.87. The molecule has 0 radical (unpaired) electrons. The molecule has 0 atom stereocenters. The van der Waals surface area contributed by atoms with Gasteiger partial charge in [0.15, 0.2) is 0 Å². The molecular weight excluding hydrogens is 232 g/mol. The van der Waals surface area contributed by atoms with E-state index in [2.05, 4.69) is 4.99 Å². The Morgan fingerprint density at radius 1 is 1.36 bits per heavy atom. The van der Waals surface area contributed by atoms with Crippen LogP contribution in [0.5, 0.6) is 0 Å². The first kappa shape index (κ1) is 11.2. The molecule has 74 valence electrons. The molecule has 0 N–H and O–H groups in total. The van der Waals surface area contributed by atoms with Crippen molar-refractivity contribution in [2.75, 3.05) is 0 Å². The quantitative estimate of drug-likeness (QED) is 0.347. The predicted molar refractivity (Wildman–Crippen MR) is 50.9 cm³/mol. The lowest BCUT2D eigenvalue weighted by molar-refractivity contribution is 0.203. The molecule has 0 spiro atoms. The van der Waals surface area contributed by atoms with E-state index in [1.54, 1.807) is 0 Å². The molecule has 0 bridgehead atoms. The summed E-state index contributed by atoms with van der Waals surface area (Å²) in [6, 6.07) is 5.65.